The van der Waals surface area contributed by atoms with Crippen LogP contribution in [0, 0.1) is 19.3 Å². The lowest BCUT2D eigenvalue weighted by molar-refractivity contribution is -0.198. The molecule has 4 aromatic rings. The van der Waals surface area contributed by atoms with Gasteiger partial charge in [0.1, 0.15) is 11.9 Å². The number of rotatable bonds is 8. The van der Waals surface area contributed by atoms with Gasteiger partial charge in [0.05, 0.1) is 11.4 Å². The highest BCUT2D eigenvalue weighted by Gasteiger charge is 2.50. The molecule has 10 nitrogen and oxygen atoms in total. The van der Waals surface area contributed by atoms with Crippen LogP contribution < -0.4 is 20.7 Å². The van der Waals surface area contributed by atoms with Crippen molar-refractivity contribution in [3.8, 4) is 22.7 Å². The van der Waals surface area contributed by atoms with Gasteiger partial charge in [-0.25, -0.2) is 4.68 Å². The number of aliphatic carboxylic acids is 1. The third-order valence-electron chi connectivity index (χ3n) is 9.56. The van der Waals surface area contributed by atoms with Crippen molar-refractivity contribution in [3.63, 3.8) is 0 Å². The molecule has 0 saturated carbocycles. The lowest BCUT2D eigenvalue weighted by atomic mass is 9.71. The van der Waals surface area contributed by atoms with Gasteiger partial charge in [0.15, 0.2) is 0 Å². The minimum atomic E-state index is -4.84. The number of benzene rings is 2. The van der Waals surface area contributed by atoms with Crippen LogP contribution in [-0.2, 0) is 4.79 Å². The standard InChI is InChI=1S/C34H37ClF3N7O3/c1-4-27-33(18-25(40-27)31(46)47)10-13-44(14-11-33)28-17-29(42-32(39)41-28)48-30(34(36,37)38)23-7-5-22(21-6-8-24(35)19(2)15-21)16-26(23)45-12-9-20(3)43-45/h5-9,12,15-17,25,27,30,40H,4,10-11,13-14,18H2,1-3H3,(H,46,47)(H2,39,41,42)/t25?,27?,30-/m1/s1. The Kier molecular flexibility index (Phi) is 9.03. The van der Waals surface area contributed by atoms with Gasteiger partial charge >= 0.3 is 12.1 Å². The van der Waals surface area contributed by atoms with E-state index in [0.29, 0.717) is 54.4 Å². The summed E-state index contributed by atoms with van der Waals surface area (Å²) < 4.78 is 51.8. The largest absolute Gasteiger partial charge is 0.480 e. The van der Waals surface area contributed by atoms with Crippen molar-refractivity contribution in [2.24, 2.45) is 5.41 Å². The van der Waals surface area contributed by atoms with Gasteiger partial charge in [0, 0.05) is 42.0 Å². The molecule has 2 fully saturated rings. The molecule has 254 valence electrons. The van der Waals surface area contributed by atoms with Crippen molar-refractivity contribution in [1.82, 2.24) is 25.1 Å². The number of hydrogen-bond acceptors (Lipinski definition) is 8. The third-order valence-corrected chi connectivity index (χ3v) is 9.98. The average molecular weight is 684 g/mol. The fourth-order valence-electron chi connectivity index (χ4n) is 7.07. The van der Waals surface area contributed by atoms with Crippen LogP contribution in [0.4, 0.5) is 24.9 Å². The van der Waals surface area contributed by atoms with E-state index in [1.54, 1.807) is 37.4 Å². The number of anilines is 2. The first-order chi connectivity index (χ1) is 22.8. The van der Waals surface area contributed by atoms with E-state index in [-0.39, 0.29) is 34.5 Å². The first kappa shape index (κ1) is 33.5. The van der Waals surface area contributed by atoms with Crippen LogP contribution in [0.1, 0.15) is 55.5 Å². The molecule has 2 aromatic heterocycles. The first-order valence-electron chi connectivity index (χ1n) is 15.8. The number of halogens is 4. The number of aryl methyl sites for hydroxylation is 2. The second-order valence-electron chi connectivity index (χ2n) is 12.7. The van der Waals surface area contributed by atoms with E-state index in [1.807, 2.05) is 30.9 Å². The lowest BCUT2D eigenvalue weighted by Gasteiger charge is -2.43. The van der Waals surface area contributed by atoms with E-state index in [1.165, 1.54) is 16.8 Å². The predicted octanol–water partition coefficient (Wildman–Crippen LogP) is 6.68. The molecule has 2 aliphatic heterocycles. The Balaban J connectivity index is 1.31. The van der Waals surface area contributed by atoms with E-state index in [9.17, 15) is 23.1 Å². The maximum atomic E-state index is 14.9. The summed E-state index contributed by atoms with van der Waals surface area (Å²) in [6, 6.07) is 12.6. The third kappa shape index (κ3) is 6.66. The molecule has 0 radical (unpaired) electrons. The van der Waals surface area contributed by atoms with Crippen molar-refractivity contribution in [2.75, 3.05) is 23.7 Å². The van der Waals surface area contributed by atoms with Crippen LogP contribution in [0.25, 0.3) is 16.8 Å². The Hall–Kier alpha value is -4.36. The number of carboxylic acids is 1. The van der Waals surface area contributed by atoms with Crippen LogP contribution >= 0.6 is 11.6 Å². The topological polar surface area (TPSA) is 131 Å². The fourth-order valence-corrected chi connectivity index (χ4v) is 7.18. The van der Waals surface area contributed by atoms with Gasteiger partial charge in [-0.1, -0.05) is 36.7 Å². The molecule has 2 saturated heterocycles. The monoisotopic (exact) mass is 683 g/mol. The van der Waals surface area contributed by atoms with Gasteiger partial charge in [0.25, 0.3) is 0 Å². The van der Waals surface area contributed by atoms with Crippen molar-refractivity contribution in [3.05, 3.63) is 76.6 Å². The van der Waals surface area contributed by atoms with Crippen molar-refractivity contribution < 1.29 is 27.8 Å². The minimum Gasteiger partial charge on any atom is -0.480 e. The Morgan fingerprint density at radius 1 is 1.12 bits per heavy atom. The fraction of sp³-hybridized carbons (Fsp3) is 0.412. The van der Waals surface area contributed by atoms with Gasteiger partial charge in [-0.2, -0.15) is 28.2 Å². The molecule has 0 aliphatic carbocycles. The summed E-state index contributed by atoms with van der Waals surface area (Å²) in [4.78, 5) is 22.0. The summed E-state index contributed by atoms with van der Waals surface area (Å²) in [5.41, 5.74) is 8.79. The summed E-state index contributed by atoms with van der Waals surface area (Å²) in [6.45, 7) is 6.70. The zero-order valence-corrected chi connectivity index (χ0v) is 27.5. The van der Waals surface area contributed by atoms with E-state index in [2.05, 4.69) is 20.4 Å². The first-order valence-corrected chi connectivity index (χ1v) is 16.2. The smallest absolute Gasteiger partial charge is 0.429 e. The van der Waals surface area contributed by atoms with Crippen molar-refractivity contribution in [2.45, 2.75) is 70.8 Å². The number of nitrogens with zero attached hydrogens (tertiary/aromatic N) is 5. The molecule has 3 atom stereocenters. The van der Waals surface area contributed by atoms with Crippen LogP contribution in [0.15, 0.2) is 54.7 Å². The molecule has 4 N–H and O–H groups in total. The van der Waals surface area contributed by atoms with E-state index in [0.717, 1.165) is 17.5 Å². The molecule has 48 heavy (non-hydrogen) atoms. The highest BCUT2D eigenvalue weighted by atomic mass is 35.5. The lowest BCUT2D eigenvalue weighted by Crippen LogP contribution is -2.46. The summed E-state index contributed by atoms with van der Waals surface area (Å²) in [5, 5.41) is 17.9. The Labute approximate surface area is 281 Å². The maximum Gasteiger partial charge on any atom is 0.429 e. The number of ether oxygens (including phenoxy) is 1. The van der Waals surface area contributed by atoms with Crippen LogP contribution in [-0.4, -0.2) is 62.2 Å². The summed E-state index contributed by atoms with van der Waals surface area (Å²) in [5.74, 6) is -1.06. The number of carboxylic acid groups (broad SMARTS) is 1. The van der Waals surface area contributed by atoms with Gasteiger partial charge in [-0.3, -0.25) is 4.79 Å². The zero-order chi connectivity index (χ0) is 34.4. The van der Waals surface area contributed by atoms with Crippen molar-refractivity contribution >= 4 is 29.3 Å². The molecule has 2 aromatic carbocycles. The van der Waals surface area contributed by atoms with Crippen LogP contribution in [0.3, 0.4) is 0 Å². The maximum absolute atomic E-state index is 14.9. The second kappa shape index (κ2) is 12.9. The molecule has 0 bridgehead atoms. The summed E-state index contributed by atoms with van der Waals surface area (Å²) in [7, 11) is 0. The normalized spacial score (nSPS) is 19.9. The molecule has 6 rings (SSSR count). The number of nitrogen functional groups attached to an aromatic ring is 1. The molecular formula is C34H37ClF3N7O3. The summed E-state index contributed by atoms with van der Waals surface area (Å²) in [6.07, 6.45) is -2.94. The highest BCUT2D eigenvalue weighted by Crippen LogP contribution is 2.46. The number of hydrogen-bond donors (Lipinski definition) is 3. The molecular weight excluding hydrogens is 647 g/mol. The number of nitrogens with one attached hydrogen (secondary N) is 1. The van der Waals surface area contributed by atoms with Gasteiger partial charge in [-0.15, -0.1) is 0 Å². The van der Waals surface area contributed by atoms with Gasteiger partial charge in [-0.05, 0) is 85.9 Å². The quantitative estimate of drug-likeness (QED) is 0.186. The van der Waals surface area contributed by atoms with E-state index < -0.39 is 24.3 Å². The molecule has 14 heteroatoms. The number of nitrogens with two attached hydrogens (primary N) is 1. The average Bonchev–Trinajstić information content (AvgIpc) is 3.64. The van der Waals surface area contributed by atoms with Crippen LogP contribution in [0.2, 0.25) is 5.02 Å². The molecule has 1 spiro atoms. The zero-order valence-electron chi connectivity index (χ0n) is 26.8. The second-order valence-corrected chi connectivity index (χ2v) is 13.1. The molecule has 2 aliphatic rings. The molecule has 0 amide bonds. The number of alkyl halides is 3. The molecule has 2 unspecified atom stereocenters. The molecule has 4 heterocycles. The summed E-state index contributed by atoms with van der Waals surface area (Å²) >= 11 is 6.22. The van der Waals surface area contributed by atoms with Crippen molar-refractivity contribution in [1.29, 1.82) is 0 Å². The number of aromatic nitrogens is 4. The van der Waals surface area contributed by atoms with E-state index in [4.69, 9.17) is 22.1 Å². The Morgan fingerprint density at radius 3 is 2.46 bits per heavy atom. The number of piperidine rings is 1. The van der Waals surface area contributed by atoms with Crippen LogP contribution in [0.5, 0.6) is 5.88 Å². The highest BCUT2D eigenvalue weighted by molar-refractivity contribution is 6.31. The van der Waals surface area contributed by atoms with E-state index >= 15 is 0 Å². The Morgan fingerprint density at radius 2 is 1.83 bits per heavy atom. The predicted molar refractivity (Wildman–Crippen MR) is 176 cm³/mol. The number of carbonyl (C=O) groups is 1. The van der Waals surface area contributed by atoms with Gasteiger partial charge in [0.2, 0.25) is 17.9 Å². The van der Waals surface area contributed by atoms with Gasteiger partial charge < -0.3 is 25.8 Å². The SMILES string of the molecule is CCC1NC(C(=O)O)CC12CCN(c1cc(O[C@H](c3ccc(-c4ccc(Cl)c(C)c4)cc3-n3ccc(C)n3)C(F)(F)F)nc(N)n1)CC2. The Bertz CT molecular complexity index is 1820. The minimum absolute atomic E-state index is 0.0607.